The summed E-state index contributed by atoms with van der Waals surface area (Å²) in [5.41, 5.74) is 1.65. The van der Waals surface area contributed by atoms with Gasteiger partial charge in [-0.3, -0.25) is 4.79 Å². The molecule has 1 fully saturated rings. The number of thiophene rings is 1. The summed E-state index contributed by atoms with van der Waals surface area (Å²) in [5, 5.41) is 2.97. The van der Waals surface area contributed by atoms with Crippen LogP contribution in [-0.2, 0) is 21.1 Å². The number of ether oxygens (including phenoxy) is 1. The zero-order valence-electron chi connectivity index (χ0n) is 24.3. The molecule has 1 N–H and O–H groups in total. The summed E-state index contributed by atoms with van der Waals surface area (Å²) in [4.78, 5) is 17.2. The highest BCUT2D eigenvalue weighted by atomic mass is 32.2. The second-order valence-corrected chi connectivity index (χ2v) is 14.6. The van der Waals surface area contributed by atoms with E-state index in [2.05, 4.69) is 37.7 Å². The summed E-state index contributed by atoms with van der Waals surface area (Å²) in [6, 6.07) is 10.7. The Morgan fingerprint density at radius 3 is 2.38 bits per heavy atom. The van der Waals surface area contributed by atoms with Gasteiger partial charge < -0.3 is 15.0 Å². The Bertz CT molecular complexity index is 1460. The van der Waals surface area contributed by atoms with Gasteiger partial charge in [-0.15, -0.1) is 11.3 Å². The van der Waals surface area contributed by atoms with E-state index in [-0.39, 0.29) is 47.3 Å². The summed E-state index contributed by atoms with van der Waals surface area (Å²) in [6.07, 6.45) is -2.97. The van der Waals surface area contributed by atoms with E-state index in [9.17, 15) is 26.4 Å². The van der Waals surface area contributed by atoms with Crippen LogP contribution in [0.3, 0.4) is 0 Å². The SMILES string of the molecule is C=C(OC)[C@H](NC(=O)c1cc2c(s1)C(C(C)C)N(C#CC1CCC(C(F)(F)F)CC1)C2)c1ccc(S(=O)(=O)CC)cc1. The molecule has 1 amide bonds. The van der Waals surface area contributed by atoms with Crippen LogP contribution in [0.25, 0.3) is 0 Å². The van der Waals surface area contributed by atoms with Crippen molar-refractivity contribution in [3.8, 4) is 12.0 Å². The number of sulfone groups is 1. The molecule has 1 saturated carbocycles. The van der Waals surface area contributed by atoms with E-state index in [4.69, 9.17) is 4.74 Å². The van der Waals surface area contributed by atoms with Gasteiger partial charge in [0.1, 0.15) is 11.8 Å². The number of benzene rings is 1. The average Bonchev–Trinajstić information content (AvgIpc) is 3.52. The topological polar surface area (TPSA) is 75.7 Å². The molecule has 6 nitrogen and oxygen atoms in total. The molecule has 1 unspecified atom stereocenters. The Hall–Kier alpha value is -2.97. The molecule has 0 saturated heterocycles. The van der Waals surface area contributed by atoms with Gasteiger partial charge in [0.15, 0.2) is 9.84 Å². The Morgan fingerprint density at radius 2 is 1.83 bits per heavy atom. The summed E-state index contributed by atoms with van der Waals surface area (Å²) < 4.78 is 68.8. The summed E-state index contributed by atoms with van der Waals surface area (Å²) in [5.74, 6) is 2.17. The van der Waals surface area contributed by atoms with Crippen molar-refractivity contribution in [1.29, 1.82) is 0 Å². The third kappa shape index (κ3) is 6.97. The van der Waals surface area contributed by atoms with E-state index >= 15 is 0 Å². The molecule has 0 radical (unpaired) electrons. The standard InChI is InChI=1S/C31H37F3N2O4S2/c1-6-42(38,39)25-13-9-22(10-14-25)27(20(4)40-5)35-30(37)26-17-23-18-36(28(19(2)3)29(23)41-26)16-15-21-7-11-24(12-8-21)31(32,33)34/h9-10,13-14,17,19,21,24,27-28H,4,6-8,11-12,18H2,1-3,5H3,(H,35,37)/t21?,24?,27-,28?/m0/s1. The van der Waals surface area contributed by atoms with Gasteiger partial charge in [0.05, 0.1) is 41.1 Å². The maximum absolute atomic E-state index is 13.4. The van der Waals surface area contributed by atoms with E-state index in [1.54, 1.807) is 19.1 Å². The first kappa shape index (κ1) is 32.0. The number of rotatable bonds is 8. The fourth-order valence-electron chi connectivity index (χ4n) is 5.57. The van der Waals surface area contributed by atoms with Crippen molar-refractivity contribution >= 4 is 27.1 Å². The Kier molecular flexibility index (Phi) is 9.68. The van der Waals surface area contributed by atoms with Gasteiger partial charge in [-0.25, -0.2) is 8.42 Å². The van der Waals surface area contributed by atoms with Crippen LogP contribution in [0.2, 0.25) is 0 Å². The Morgan fingerprint density at radius 1 is 1.19 bits per heavy atom. The molecule has 1 aliphatic heterocycles. The lowest BCUT2D eigenvalue weighted by atomic mass is 9.82. The number of amides is 1. The monoisotopic (exact) mass is 622 g/mol. The highest BCUT2D eigenvalue weighted by molar-refractivity contribution is 7.91. The van der Waals surface area contributed by atoms with Crippen LogP contribution < -0.4 is 5.32 Å². The quantitative estimate of drug-likeness (QED) is 0.253. The van der Waals surface area contributed by atoms with Crippen molar-refractivity contribution in [3.63, 3.8) is 0 Å². The molecular formula is C31H37F3N2O4S2. The summed E-state index contributed by atoms with van der Waals surface area (Å²) >= 11 is 1.40. The smallest absolute Gasteiger partial charge is 0.391 e. The normalized spacial score (nSPS) is 21.3. The van der Waals surface area contributed by atoms with Crippen molar-refractivity contribution in [1.82, 2.24) is 10.2 Å². The number of nitrogens with one attached hydrogen (secondary N) is 1. The Balaban J connectivity index is 1.47. The van der Waals surface area contributed by atoms with Gasteiger partial charge in [-0.1, -0.05) is 45.4 Å². The molecule has 2 aromatic rings. The third-order valence-corrected chi connectivity index (χ3v) is 11.1. The third-order valence-electron chi connectivity index (χ3n) is 8.06. The first-order valence-corrected chi connectivity index (χ1v) is 16.6. The molecule has 228 valence electrons. The number of methoxy groups -OCH3 is 1. The predicted octanol–water partition coefficient (Wildman–Crippen LogP) is 7.02. The minimum Gasteiger partial charge on any atom is -0.499 e. The molecule has 0 spiro atoms. The predicted molar refractivity (Wildman–Crippen MR) is 157 cm³/mol. The Labute approximate surface area is 250 Å². The zero-order chi connectivity index (χ0) is 30.8. The number of carbonyl (C=O) groups is 1. The molecule has 2 heterocycles. The van der Waals surface area contributed by atoms with Crippen molar-refractivity contribution < 1.29 is 31.1 Å². The van der Waals surface area contributed by atoms with Gasteiger partial charge in [0.2, 0.25) is 0 Å². The van der Waals surface area contributed by atoms with Gasteiger partial charge >= 0.3 is 6.18 Å². The second kappa shape index (κ2) is 12.7. The van der Waals surface area contributed by atoms with Crippen molar-refractivity contribution in [3.05, 3.63) is 63.6 Å². The number of carbonyl (C=O) groups excluding carboxylic acids is 1. The lowest BCUT2D eigenvalue weighted by Gasteiger charge is -2.28. The van der Waals surface area contributed by atoms with Crippen LogP contribution in [-0.4, -0.2) is 38.3 Å². The average molecular weight is 623 g/mol. The van der Waals surface area contributed by atoms with Crippen molar-refractivity contribution in [2.75, 3.05) is 12.9 Å². The van der Waals surface area contributed by atoms with Gasteiger partial charge in [0.25, 0.3) is 5.91 Å². The minimum atomic E-state index is -4.13. The fourth-order valence-corrected chi connectivity index (χ4v) is 7.82. The maximum Gasteiger partial charge on any atom is 0.391 e. The lowest BCUT2D eigenvalue weighted by Crippen LogP contribution is -2.29. The molecule has 42 heavy (non-hydrogen) atoms. The van der Waals surface area contributed by atoms with E-state index < -0.39 is 28.0 Å². The first-order valence-electron chi connectivity index (χ1n) is 14.1. The molecule has 1 aliphatic carbocycles. The fraction of sp³-hybridized carbons (Fsp3) is 0.516. The van der Waals surface area contributed by atoms with Crippen molar-refractivity contribution in [2.45, 2.75) is 76.2 Å². The summed E-state index contributed by atoms with van der Waals surface area (Å²) in [6.45, 7) is 10.2. The van der Waals surface area contributed by atoms with Gasteiger partial charge in [0, 0.05) is 16.8 Å². The molecule has 2 atom stereocenters. The first-order chi connectivity index (χ1) is 19.7. The number of hydrogen-bond acceptors (Lipinski definition) is 6. The molecule has 1 aromatic heterocycles. The summed E-state index contributed by atoms with van der Waals surface area (Å²) in [7, 11) is -1.90. The van der Waals surface area contributed by atoms with E-state index in [1.807, 2.05) is 11.0 Å². The van der Waals surface area contributed by atoms with Crippen LogP contribution in [0.1, 0.15) is 84.2 Å². The highest BCUT2D eigenvalue weighted by Gasteiger charge is 2.41. The molecule has 0 bridgehead atoms. The number of nitrogens with zero attached hydrogens (tertiary/aromatic N) is 1. The number of alkyl halides is 3. The van der Waals surface area contributed by atoms with E-state index in [0.29, 0.717) is 35.6 Å². The molecule has 4 rings (SSSR count). The van der Waals surface area contributed by atoms with Crippen LogP contribution in [0.5, 0.6) is 0 Å². The van der Waals surface area contributed by atoms with E-state index in [1.165, 1.54) is 30.6 Å². The molecule has 11 heteroatoms. The number of fused-ring (bicyclic) bond motifs is 1. The highest BCUT2D eigenvalue weighted by Crippen LogP contribution is 2.44. The molecular weight excluding hydrogens is 585 g/mol. The number of halogens is 3. The van der Waals surface area contributed by atoms with Crippen LogP contribution >= 0.6 is 11.3 Å². The van der Waals surface area contributed by atoms with Crippen LogP contribution in [0, 0.1) is 29.7 Å². The zero-order valence-corrected chi connectivity index (χ0v) is 25.9. The minimum absolute atomic E-state index is 0.0102. The van der Waals surface area contributed by atoms with Gasteiger partial charge in [-0.05, 0) is 60.9 Å². The molecule has 2 aliphatic rings. The largest absolute Gasteiger partial charge is 0.499 e. The van der Waals surface area contributed by atoms with Crippen LogP contribution in [0.4, 0.5) is 13.2 Å². The van der Waals surface area contributed by atoms with Crippen LogP contribution in [0.15, 0.2) is 47.6 Å². The van der Waals surface area contributed by atoms with Gasteiger partial charge in [-0.2, -0.15) is 13.2 Å². The molecule has 1 aromatic carbocycles. The maximum atomic E-state index is 13.4. The van der Waals surface area contributed by atoms with Crippen molar-refractivity contribution in [2.24, 2.45) is 17.8 Å². The number of hydrogen-bond donors (Lipinski definition) is 1. The van der Waals surface area contributed by atoms with E-state index in [0.717, 1.165) is 10.4 Å². The lowest BCUT2D eigenvalue weighted by molar-refractivity contribution is -0.183. The second-order valence-electron chi connectivity index (χ2n) is 11.2.